The zero-order valence-corrected chi connectivity index (χ0v) is 23.5. The number of thioether (sulfide) groups is 1. The third-order valence-electron chi connectivity index (χ3n) is 7.72. The normalized spacial score (nSPS) is 23.8. The van der Waals surface area contributed by atoms with Crippen LogP contribution in [0.1, 0.15) is 65.3 Å². The summed E-state index contributed by atoms with van der Waals surface area (Å²) in [5, 5.41) is 3.29. The maximum absolute atomic E-state index is 13.1. The highest BCUT2D eigenvalue weighted by Crippen LogP contribution is 2.46. The van der Waals surface area contributed by atoms with Gasteiger partial charge in [0, 0.05) is 52.7 Å². The standard InChI is InChI=1S/C27H36ClN3O4S/c1-15-11-23(36-6)20(26(33)30-15)13-29-25(32)19-12-22(28)24-21(16(19)2)14-34-27(3,35-24)17-7-9-18(10-8-17)31(4)5/h11-12,17-18H,7-10,13-14H2,1-6H3,(H,29,32)(H,30,33). The molecule has 0 saturated heterocycles. The first kappa shape index (κ1) is 27.0. The molecule has 7 nitrogen and oxygen atoms in total. The number of rotatable bonds is 6. The van der Waals surface area contributed by atoms with Crippen LogP contribution in [0.15, 0.2) is 21.8 Å². The molecule has 1 unspecified atom stereocenters. The van der Waals surface area contributed by atoms with Crippen LogP contribution in [0.4, 0.5) is 0 Å². The van der Waals surface area contributed by atoms with Crippen LogP contribution in [0, 0.1) is 19.8 Å². The molecule has 2 heterocycles. The van der Waals surface area contributed by atoms with E-state index in [1.165, 1.54) is 11.8 Å². The van der Waals surface area contributed by atoms with Crippen LogP contribution in [0.2, 0.25) is 5.02 Å². The zero-order chi connectivity index (χ0) is 26.2. The summed E-state index contributed by atoms with van der Waals surface area (Å²) in [6, 6.07) is 4.16. The number of carbonyl (C=O) groups is 1. The average molecular weight is 534 g/mol. The average Bonchev–Trinajstić information content (AvgIpc) is 2.85. The van der Waals surface area contributed by atoms with Crippen LogP contribution in [0.5, 0.6) is 5.75 Å². The van der Waals surface area contributed by atoms with Crippen LogP contribution in [-0.2, 0) is 17.9 Å². The van der Waals surface area contributed by atoms with E-state index in [4.69, 9.17) is 21.1 Å². The van der Waals surface area contributed by atoms with Crippen LogP contribution >= 0.6 is 23.4 Å². The van der Waals surface area contributed by atoms with Gasteiger partial charge >= 0.3 is 0 Å². The Morgan fingerprint density at radius 2 is 1.94 bits per heavy atom. The molecule has 1 amide bonds. The zero-order valence-electron chi connectivity index (χ0n) is 21.9. The number of carbonyl (C=O) groups excluding carboxylic acids is 1. The summed E-state index contributed by atoms with van der Waals surface area (Å²) in [5.41, 5.74) is 3.15. The molecule has 1 aliphatic heterocycles. The number of nitrogens with zero attached hydrogens (tertiary/aromatic N) is 1. The van der Waals surface area contributed by atoms with E-state index < -0.39 is 5.79 Å². The fourth-order valence-electron chi connectivity index (χ4n) is 5.36. The van der Waals surface area contributed by atoms with Crippen molar-refractivity contribution in [2.24, 2.45) is 5.92 Å². The molecule has 1 aromatic heterocycles. The Bertz CT molecular complexity index is 1210. The Morgan fingerprint density at radius 3 is 2.58 bits per heavy atom. The van der Waals surface area contributed by atoms with Gasteiger partial charge in [0.2, 0.25) is 5.79 Å². The van der Waals surface area contributed by atoms with Gasteiger partial charge in [-0.2, -0.15) is 0 Å². The molecule has 2 N–H and O–H groups in total. The predicted molar refractivity (Wildman–Crippen MR) is 144 cm³/mol. The van der Waals surface area contributed by atoms with E-state index in [1.807, 2.05) is 33.1 Å². The van der Waals surface area contributed by atoms with Crippen LogP contribution in [0.3, 0.4) is 0 Å². The number of halogens is 1. The van der Waals surface area contributed by atoms with Crippen molar-refractivity contribution in [2.75, 3.05) is 20.4 Å². The Labute approximate surface area is 222 Å². The van der Waals surface area contributed by atoms with Crippen LogP contribution in [-0.4, -0.2) is 48.0 Å². The van der Waals surface area contributed by atoms with E-state index in [1.54, 1.807) is 6.07 Å². The number of H-pyrrole nitrogens is 1. The third-order valence-corrected chi connectivity index (χ3v) is 8.80. The molecule has 0 bridgehead atoms. The SMILES string of the molecule is CSc1cc(C)[nH]c(=O)c1CNC(=O)c1cc(Cl)c2c(c1C)COC(C)(C1CCC(N(C)C)CC1)O2. The molecule has 196 valence electrons. The van der Waals surface area contributed by atoms with Crippen molar-refractivity contribution in [3.05, 3.63) is 55.5 Å². The van der Waals surface area contributed by atoms with Crippen molar-refractivity contribution in [3.8, 4) is 5.75 Å². The van der Waals surface area contributed by atoms with Crippen LogP contribution < -0.4 is 15.6 Å². The highest BCUT2D eigenvalue weighted by Gasteiger charge is 2.44. The number of nitrogens with one attached hydrogen (secondary N) is 2. The number of hydrogen-bond acceptors (Lipinski definition) is 6. The van der Waals surface area contributed by atoms with Gasteiger partial charge in [-0.25, -0.2) is 0 Å². The second kappa shape index (κ2) is 10.8. The lowest BCUT2D eigenvalue weighted by Gasteiger charge is -2.45. The molecule has 4 rings (SSSR count). The van der Waals surface area contributed by atoms with Gasteiger partial charge in [0.25, 0.3) is 11.5 Å². The summed E-state index contributed by atoms with van der Waals surface area (Å²) in [5.74, 6) is -0.155. The molecule has 1 fully saturated rings. The van der Waals surface area contributed by atoms with Crippen molar-refractivity contribution in [1.29, 1.82) is 0 Å². The molecule has 1 aliphatic carbocycles. The van der Waals surface area contributed by atoms with Crippen molar-refractivity contribution in [3.63, 3.8) is 0 Å². The molecule has 0 spiro atoms. The Morgan fingerprint density at radius 1 is 1.25 bits per heavy atom. The molecule has 1 atom stereocenters. The number of pyridine rings is 1. The lowest BCUT2D eigenvalue weighted by atomic mass is 9.80. The van der Waals surface area contributed by atoms with Gasteiger partial charge in [0.05, 0.1) is 11.6 Å². The van der Waals surface area contributed by atoms with Gasteiger partial charge < -0.3 is 24.7 Å². The van der Waals surface area contributed by atoms with Gasteiger partial charge in [-0.05, 0) is 77.6 Å². The third kappa shape index (κ3) is 5.32. The topological polar surface area (TPSA) is 83.7 Å². The van der Waals surface area contributed by atoms with E-state index in [9.17, 15) is 9.59 Å². The lowest BCUT2D eigenvalue weighted by molar-refractivity contribution is -0.232. The van der Waals surface area contributed by atoms with Gasteiger partial charge in [-0.15, -0.1) is 11.8 Å². The van der Waals surface area contributed by atoms with Crippen LogP contribution in [0.25, 0.3) is 0 Å². The molecule has 36 heavy (non-hydrogen) atoms. The molecular formula is C27H36ClN3O4S. The summed E-state index contributed by atoms with van der Waals surface area (Å²) in [6.45, 7) is 6.19. The van der Waals surface area contributed by atoms with E-state index in [-0.39, 0.29) is 23.9 Å². The number of aromatic amines is 1. The minimum atomic E-state index is -0.745. The lowest BCUT2D eigenvalue weighted by Crippen LogP contribution is -2.48. The first-order valence-corrected chi connectivity index (χ1v) is 14.0. The second-order valence-electron chi connectivity index (χ2n) is 10.2. The number of benzene rings is 1. The van der Waals surface area contributed by atoms with Gasteiger partial charge in [-0.3, -0.25) is 9.59 Å². The highest BCUT2D eigenvalue weighted by molar-refractivity contribution is 7.98. The first-order valence-electron chi connectivity index (χ1n) is 12.4. The highest BCUT2D eigenvalue weighted by atomic mass is 35.5. The first-order chi connectivity index (χ1) is 17.0. The predicted octanol–water partition coefficient (Wildman–Crippen LogP) is 5.04. The minimum Gasteiger partial charge on any atom is -0.460 e. The summed E-state index contributed by atoms with van der Waals surface area (Å²) >= 11 is 8.16. The number of ether oxygens (including phenoxy) is 2. The summed E-state index contributed by atoms with van der Waals surface area (Å²) in [7, 11) is 4.26. The van der Waals surface area contributed by atoms with Gasteiger partial charge in [-0.1, -0.05) is 11.6 Å². The van der Waals surface area contributed by atoms with Gasteiger partial charge in [0.1, 0.15) is 5.75 Å². The molecule has 2 aromatic rings. The fraction of sp³-hybridized carbons (Fsp3) is 0.556. The van der Waals surface area contributed by atoms with E-state index >= 15 is 0 Å². The number of fused-ring (bicyclic) bond motifs is 1. The van der Waals surface area contributed by atoms with Crippen molar-refractivity contribution >= 4 is 29.3 Å². The van der Waals surface area contributed by atoms with Crippen molar-refractivity contribution in [1.82, 2.24) is 15.2 Å². The number of amides is 1. The maximum Gasteiger partial charge on any atom is 0.254 e. The molecule has 1 saturated carbocycles. The van der Waals surface area contributed by atoms with E-state index in [0.29, 0.717) is 34.5 Å². The Kier molecular flexibility index (Phi) is 8.10. The second-order valence-corrected chi connectivity index (χ2v) is 11.5. The molecule has 1 aromatic carbocycles. The largest absolute Gasteiger partial charge is 0.460 e. The smallest absolute Gasteiger partial charge is 0.254 e. The van der Waals surface area contributed by atoms with Crippen molar-refractivity contribution < 1.29 is 14.3 Å². The number of aromatic nitrogens is 1. The monoisotopic (exact) mass is 533 g/mol. The van der Waals surface area contributed by atoms with E-state index in [2.05, 4.69) is 29.3 Å². The quantitative estimate of drug-likeness (QED) is 0.506. The van der Waals surface area contributed by atoms with Gasteiger partial charge in [0.15, 0.2) is 0 Å². The maximum atomic E-state index is 13.1. The summed E-state index contributed by atoms with van der Waals surface area (Å²) < 4.78 is 12.7. The van der Waals surface area contributed by atoms with E-state index in [0.717, 1.165) is 47.4 Å². The molecule has 0 radical (unpaired) electrons. The minimum absolute atomic E-state index is 0.124. The van der Waals surface area contributed by atoms with Crippen molar-refractivity contribution in [2.45, 2.75) is 76.3 Å². The summed E-state index contributed by atoms with van der Waals surface area (Å²) in [6.07, 6.45) is 6.19. The summed E-state index contributed by atoms with van der Waals surface area (Å²) in [4.78, 5) is 31.5. The number of aryl methyl sites for hydroxylation is 1. The Balaban J connectivity index is 1.51. The number of hydrogen-bond donors (Lipinski definition) is 2. The molecule has 9 heteroatoms. The molecule has 2 aliphatic rings. The fourth-order valence-corrected chi connectivity index (χ4v) is 6.33. The molecular weight excluding hydrogens is 498 g/mol. The Hall–Kier alpha value is -2.00.